The molecule has 3 atom stereocenters. The highest BCUT2D eigenvalue weighted by Crippen LogP contribution is 2.44. The Hall–Kier alpha value is -2.36. The lowest BCUT2D eigenvalue weighted by Crippen LogP contribution is -2.66. The molecule has 4 fully saturated rings. The summed E-state index contributed by atoms with van der Waals surface area (Å²) in [6, 6.07) is 4.57. The van der Waals surface area contributed by atoms with Crippen molar-refractivity contribution in [3.05, 3.63) is 35.1 Å². The molecule has 0 bridgehead atoms. The van der Waals surface area contributed by atoms with Gasteiger partial charge in [-0.3, -0.25) is 24.6 Å². The van der Waals surface area contributed by atoms with Gasteiger partial charge in [-0.2, -0.15) is 0 Å². The molecule has 2 amide bonds. The minimum atomic E-state index is -0.458. The number of nitrogens with zero attached hydrogens (tertiary/aromatic N) is 2. The van der Waals surface area contributed by atoms with Gasteiger partial charge in [-0.1, -0.05) is 0 Å². The second-order valence-electron chi connectivity index (χ2n) is 11.4. The molecule has 3 unspecified atom stereocenters. The Morgan fingerprint density at radius 2 is 1.97 bits per heavy atom. The first kappa shape index (κ1) is 24.0. The molecule has 9 heteroatoms. The third-order valence-corrected chi connectivity index (χ3v) is 8.85. The Labute approximate surface area is 210 Å². The van der Waals surface area contributed by atoms with E-state index in [1.54, 1.807) is 6.07 Å². The number of benzene rings is 1. The number of nitrogens with one attached hydrogen (secondary N) is 2. The van der Waals surface area contributed by atoms with Crippen LogP contribution in [0.1, 0.15) is 48.0 Å². The number of piperidine rings is 1. The third-order valence-electron chi connectivity index (χ3n) is 8.85. The van der Waals surface area contributed by atoms with Crippen LogP contribution in [-0.4, -0.2) is 85.5 Å². The molecule has 3 aliphatic heterocycles. The van der Waals surface area contributed by atoms with Crippen LogP contribution in [0.3, 0.4) is 0 Å². The number of Topliss-reactive ketones (excluding diaryl/α,β-unsaturated/α-hetero) is 1. The van der Waals surface area contributed by atoms with Gasteiger partial charge in [0.15, 0.2) is 5.78 Å². The molecular weight excluding hydrogens is 463 g/mol. The fraction of sp³-hybridized carbons (Fsp3) is 0.667. The van der Waals surface area contributed by atoms with Gasteiger partial charge >= 0.3 is 0 Å². The smallest absolute Gasteiger partial charge is 0.236 e. The molecule has 0 radical (unpaired) electrons. The molecule has 1 spiro atoms. The zero-order valence-electron chi connectivity index (χ0n) is 20.6. The van der Waals surface area contributed by atoms with E-state index >= 15 is 0 Å². The Bertz CT molecular complexity index is 1050. The molecule has 3 heterocycles. The Morgan fingerprint density at radius 3 is 2.75 bits per heavy atom. The molecular formula is C27H35FN4O4. The zero-order chi connectivity index (χ0) is 24.9. The van der Waals surface area contributed by atoms with Crippen molar-refractivity contribution in [2.24, 2.45) is 17.3 Å². The summed E-state index contributed by atoms with van der Waals surface area (Å²) in [6.07, 6.45) is 4.80. The number of rotatable bonds is 6. The van der Waals surface area contributed by atoms with Crippen LogP contribution in [0.5, 0.6) is 0 Å². The number of ketones is 1. The summed E-state index contributed by atoms with van der Waals surface area (Å²) in [5.74, 6) is 0.294. The largest absolute Gasteiger partial charge is 0.381 e. The van der Waals surface area contributed by atoms with Crippen molar-refractivity contribution in [1.82, 2.24) is 20.4 Å². The quantitative estimate of drug-likeness (QED) is 0.615. The van der Waals surface area contributed by atoms with Gasteiger partial charge in [0, 0.05) is 30.2 Å². The van der Waals surface area contributed by atoms with Gasteiger partial charge in [-0.25, -0.2) is 4.39 Å². The monoisotopic (exact) mass is 498 g/mol. The van der Waals surface area contributed by atoms with Gasteiger partial charge in [0.05, 0.1) is 31.8 Å². The molecule has 5 aliphatic rings. The molecule has 2 aliphatic carbocycles. The van der Waals surface area contributed by atoms with Crippen molar-refractivity contribution in [3.63, 3.8) is 0 Å². The maximum absolute atomic E-state index is 13.7. The Kier molecular flexibility index (Phi) is 6.34. The van der Waals surface area contributed by atoms with Crippen molar-refractivity contribution < 1.29 is 23.5 Å². The Balaban J connectivity index is 1.06. The maximum atomic E-state index is 13.7. The fourth-order valence-corrected chi connectivity index (χ4v) is 6.48. The van der Waals surface area contributed by atoms with Crippen LogP contribution in [0.2, 0.25) is 0 Å². The normalized spacial score (nSPS) is 29.5. The Morgan fingerprint density at radius 1 is 1.17 bits per heavy atom. The molecule has 1 aromatic carbocycles. The van der Waals surface area contributed by atoms with Crippen LogP contribution in [0.25, 0.3) is 0 Å². The summed E-state index contributed by atoms with van der Waals surface area (Å²) in [5, 5.41) is 6.58. The fourth-order valence-electron chi connectivity index (χ4n) is 6.48. The topological polar surface area (TPSA) is 91.0 Å². The van der Waals surface area contributed by atoms with Crippen LogP contribution in [0.4, 0.5) is 4.39 Å². The van der Waals surface area contributed by atoms with E-state index in [2.05, 4.69) is 15.5 Å². The second-order valence-corrected chi connectivity index (χ2v) is 11.4. The average molecular weight is 499 g/mol. The van der Waals surface area contributed by atoms with Gasteiger partial charge in [-0.05, 0) is 81.3 Å². The van der Waals surface area contributed by atoms with E-state index < -0.39 is 5.41 Å². The number of fused-ring (bicyclic) bond motifs is 2. The van der Waals surface area contributed by atoms with Gasteiger partial charge in [0.2, 0.25) is 11.8 Å². The number of likely N-dealkylation sites (tertiary alicyclic amines) is 1. The van der Waals surface area contributed by atoms with Gasteiger partial charge in [0.25, 0.3) is 0 Å². The van der Waals surface area contributed by atoms with Crippen molar-refractivity contribution >= 4 is 17.6 Å². The molecule has 194 valence electrons. The number of carbonyl (C=O) groups excluding carboxylic acids is 3. The van der Waals surface area contributed by atoms with E-state index in [-0.39, 0.29) is 41.5 Å². The first-order chi connectivity index (χ1) is 17.4. The number of carbonyl (C=O) groups is 3. The van der Waals surface area contributed by atoms with Gasteiger partial charge < -0.3 is 15.0 Å². The maximum Gasteiger partial charge on any atom is 0.236 e. The van der Waals surface area contributed by atoms with Crippen molar-refractivity contribution in [1.29, 1.82) is 0 Å². The molecule has 36 heavy (non-hydrogen) atoms. The minimum absolute atomic E-state index is 0.00528. The number of hydrogen-bond acceptors (Lipinski definition) is 6. The van der Waals surface area contributed by atoms with Crippen LogP contribution >= 0.6 is 0 Å². The standard InChI is InChI=1S/C27H35FN4O4/c28-19-3-4-20-18(11-19)12-27(25(20)34)6-8-31(9-7-27)15-24(33)32(13-17-1-2-17)14-23-29-22-5-10-36-16-21(22)26(35)30-23/h3-4,11,17,21-23,29H,1-2,5-10,12-16H2,(H,30,35). The molecule has 1 saturated carbocycles. The molecule has 2 N–H and O–H groups in total. The molecule has 1 aromatic rings. The van der Waals surface area contributed by atoms with E-state index in [1.807, 2.05) is 4.90 Å². The second kappa shape index (κ2) is 9.50. The SMILES string of the molecule is O=C1NC(CN(CC2CC2)C(=O)CN2CCC3(CC2)Cc2cc(F)ccc2C3=O)NC2CCOCC12. The number of hydrogen-bond donors (Lipinski definition) is 2. The lowest BCUT2D eigenvalue weighted by atomic mass is 9.75. The number of ether oxygens (including phenoxy) is 1. The van der Waals surface area contributed by atoms with Gasteiger partial charge in [-0.15, -0.1) is 0 Å². The summed E-state index contributed by atoms with van der Waals surface area (Å²) < 4.78 is 19.2. The van der Waals surface area contributed by atoms with E-state index in [4.69, 9.17) is 4.74 Å². The highest BCUT2D eigenvalue weighted by molar-refractivity contribution is 6.05. The van der Waals surface area contributed by atoms with E-state index in [1.165, 1.54) is 12.1 Å². The lowest BCUT2D eigenvalue weighted by Gasteiger charge is -2.42. The lowest BCUT2D eigenvalue weighted by molar-refractivity contribution is -0.139. The summed E-state index contributed by atoms with van der Waals surface area (Å²) >= 11 is 0. The van der Waals surface area contributed by atoms with Crippen LogP contribution in [0, 0.1) is 23.1 Å². The summed E-state index contributed by atoms with van der Waals surface area (Å²) in [7, 11) is 0. The van der Waals surface area contributed by atoms with Crippen LogP contribution < -0.4 is 10.6 Å². The predicted octanol–water partition coefficient (Wildman–Crippen LogP) is 1.34. The van der Waals surface area contributed by atoms with Crippen molar-refractivity contribution in [3.8, 4) is 0 Å². The summed E-state index contributed by atoms with van der Waals surface area (Å²) in [6.45, 7) is 3.95. The highest BCUT2D eigenvalue weighted by atomic mass is 19.1. The molecule has 8 nitrogen and oxygen atoms in total. The average Bonchev–Trinajstić information content (AvgIpc) is 3.64. The van der Waals surface area contributed by atoms with E-state index in [0.717, 1.165) is 31.4 Å². The first-order valence-electron chi connectivity index (χ1n) is 13.4. The number of halogens is 1. The molecule has 6 rings (SSSR count). The summed E-state index contributed by atoms with van der Waals surface area (Å²) in [5.41, 5.74) is 1.01. The van der Waals surface area contributed by atoms with E-state index in [0.29, 0.717) is 70.1 Å². The van der Waals surface area contributed by atoms with Crippen molar-refractivity contribution in [2.45, 2.75) is 50.7 Å². The first-order valence-corrected chi connectivity index (χ1v) is 13.4. The van der Waals surface area contributed by atoms with Gasteiger partial charge in [0.1, 0.15) is 5.82 Å². The minimum Gasteiger partial charge on any atom is -0.381 e. The van der Waals surface area contributed by atoms with E-state index in [9.17, 15) is 18.8 Å². The highest BCUT2D eigenvalue weighted by Gasteiger charge is 2.47. The molecule has 0 aromatic heterocycles. The van der Waals surface area contributed by atoms with Crippen LogP contribution in [0.15, 0.2) is 18.2 Å². The predicted molar refractivity (Wildman–Crippen MR) is 130 cm³/mol. The van der Waals surface area contributed by atoms with Crippen molar-refractivity contribution in [2.75, 3.05) is 45.9 Å². The third kappa shape index (κ3) is 4.68. The summed E-state index contributed by atoms with van der Waals surface area (Å²) in [4.78, 5) is 43.2. The number of amides is 2. The molecule has 3 saturated heterocycles. The van der Waals surface area contributed by atoms with Crippen LogP contribution in [-0.2, 0) is 20.7 Å². The zero-order valence-corrected chi connectivity index (χ0v) is 20.6.